The molecule has 0 aliphatic carbocycles. The molecular weight excluding hydrogens is 354 g/mol. The normalized spacial score (nSPS) is 17.2. The van der Waals surface area contributed by atoms with Crippen LogP contribution in [-0.4, -0.2) is 21.2 Å². The van der Waals surface area contributed by atoms with Gasteiger partial charge in [-0.25, -0.2) is 8.78 Å². The van der Waals surface area contributed by atoms with E-state index in [0.717, 1.165) is 43.5 Å². The molecule has 0 bridgehead atoms. The van der Waals surface area contributed by atoms with Crippen molar-refractivity contribution < 1.29 is 27.0 Å². The Hall–Kier alpha value is -2.94. The van der Waals surface area contributed by atoms with E-state index in [4.69, 9.17) is 0 Å². The summed E-state index contributed by atoms with van der Waals surface area (Å²) >= 11 is 0. The van der Waals surface area contributed by atoms with Gasteiger partial charge in [0.25, 0.3) is 10.0 Å². The fraction of sp³-hybridized carbons (Fsp3) is 0.0625. The van der Waals surface area contributed by atoms with Gasteiger partial charge in [-0.2, -0.15) is 12.8 Å². The van der Waals surface area contributed by atoms with Crippen LogP contribution >= 0.6 is 0 Å². The number of halogens is 2. The molecule has 130 valence electrons. The minimum absolute atomic E-state index is 0.103. The number of methoxy groups -OCH3 is 1. The molecule has 9 heteroatoms. The van der Waals surface area contributed by atoms with Crippen LogP contribution in [0.1, 0.15) is 5.56 Å². The van der Waals surface area contributed by atoms with Gasteiger partial charge in [0.05, 0.1) is 16.5 Å². The lowest BCUT2D eigenvalue weighted by Gasteiger charge is -2.13. The lowest BCUT2D eigenvalue weighted by molar-refractivity contribution is -0.354. The zero-order valence-electron chi connectivity index (χ0n) is 12.8. The Kier molecular flexibility index (Phi) is 4.17. The molecule has 2 aromatic carbocycles. The van der Waals surface area contributed by atoms with Crippen LogP contribution in [-0.2, 0) is 14.8 Å². The molecule has 1 aliphatic rings. The molecule has 1 aliphatic heterocycles. The van der Waals surface area contributed by atoms with Crippen LogP contribution in [0.5, 0.6) is 0 Å². The van der Waals surface area contributed by atoms with Crippen molar-refractivity contribution >= 4 is 21.4 Å². The first kappa shape index (κ1) is 16.9. The first-order chi connectivity index (χ1) is 11.8. The molecule has 2 aromatic rings. The third kappa shape index (κ3) is 3.18. The van der Waals surface area contributed by atoms with Gasteiger partial charge in [-0.3, -0.25) is 0 Å². The minimum Gasteiger partial charge on any atom is -0.615 e. The van der Waals surface area contributed by atoms with Crippen LogP contribution in [0.2, 0.25) is 0 Å². The number of benzene rings is 2. The number of ether oxygens (including phenoxy) is 1. The van der Waals surface area contributed by atoms with E-state index in [1.165, 1.54) is 6.07 Å². The Labute approximate surface area is 142 Å². The van der Waals surface area contributed by atoms with Crippen molar-refractivity contribution in [3.63, 3.8) is 0 Å². The summed E-state index contributed by atoms with van der Waals surface area (Å²) in [6.45, 7) is 0. The van der Waals surface area contributed by atoms with Crippen LogP contribution in [0.15, 0.2) is 63.4 Å². The Morgan fingerprint density at radius 3 is 2.40 bits per heavy atom. The summed E-state index contributed by atoms with van der Waals surface area (Å²) in [5.41, 5.74) is -0.0830. The Bertz CT molecular complexity index is 999. The van der Waals surface area contributed by atoms with E-state index in [2.05, 4.69) is 14.5 Å². The number of fused-ring (bicyclic) bond motifs is 1. The van der Waals surface area contributed by atoms with Crippen molar-refractivity contribution in [2.24, 2.45) is 4.40 Å². The van der Waals surface area contributed by atoms with Crippen LogP contribution in [0.25, 0.3) is 0 Å². The van der Waals surface area contributed by atoms with Crippen LogP contribution in [0.4, 0.5) is 14.5 Å². The number of nitrogens with one attached hydrogen (secondary N) is 1. The molecule has 0 radical (unpaired) electrons. The fourth-order valence-corrected chi connectivity index (χ4v) is 3.29. The van der Waals surface area contributed by atoms with Crippen LogP contribution < -0.4 is 10.4 Å². The second kappa shape index (κ2) is 6.17. The van der Waals surface area contributed by atoms with E-state index in [1.54, 1.807) is 0 Å². The average molecular weight is 365 g/mol. The molecule has 3 rings (SSSR count). The summed E-state index contributed by atoms with van der Waals surface area (Å²) in [5, 5.41) is 14.6. The molecule has 0 saturated carbocycles. The van der Waals surface area contributed by atoms with E-state index in [-0.39, 0.29) is 21.9 Å². The van der Waals surface area contributed by atoms with E-state index in [1.807, 2.05) is 0 Å². The number of rotatable bonds is 3. The fourth-order valence-electron chi connectivity index (χ4n) is 2.27. The van der Waals surface area contributed by atoms with E-state index < -0.39 is 27.6 Å². The summed E-state index contributed by atoms with van der Waals surface area (Å²) in [5.74, 6) is -2.09. The standard InChI is InChI=1S/C16H12F2N2O4S/c1-24-16(21)15-14(12-8-10(18)4-7-13(12)19-15)20-25(22,23)11-5-2-9(17)3-6-11/h2-8,19,21H,1H3/p-1/b16-15?,20-14+. The average Bonchev–Trinajstić information content (AvgIpc) is 2.92. The number of nitrogens with zero attached hydrogens (tertiary/aromatic N) is 1. The van der Waals surface area contributed by atoms with Crippen molar-refractivity contribution in [2.75, 3.05) is 12.4 Å². The maximum absolute atomic E-state index is 13.5. The largest absolute Gasteiger partial charge is 0.615 e. The molecule has 0 spiro atoms. The van der Waals surface area contributed by atoms with Gasteiger partial charge in [-0.15, -0.1) is 0 Å². The van der Waals surface area contributed by atoms with Gasteiger partial charge in [0.2, 0.25) is 0 Å². The Morgan fingerprint density at radius 2 is 1.76 bits per heavy atom. The summed E-state index contributed by atoms with van der Waals surface area (Å²) in [7, 11) is -3.14. The van der Waals surface area contributed by atoms with Crippen LogP contribution in [0, 0.1) is 11.6 Å². The number of hydrogen-bond acceptors (Lipinski definition) is 5. The van der Waals surface area contributed by atoms with E-state index in [0.29, 0.717) is 5.69 Å². The van der Waals surface area contributed by atoms with Gasteiger partial charge in [0.15, 0.2) is 0 Å². The highest BCUT2D eigenvalue weighted by Gasteiger charge is 2.27. The maximum atomic E-state index is 13.5. The van der Waals surface area contributed by atoms with Gasteiger partial charge < -0.3 is 15.2 Å². The molecular formula is C16H11F2N2O4S-. The van der Waals surface area contributed by atoms with Crippen molar-refractivity contribution in [2.45, 2.75) is 4.90 Å². The highest BCUT2D eigenvalue weighted by atomic mass is 32.2. The number of hydrogen-bond donors (Lipinski definition) is 1. The highest BCUT2D eigenvalue weighted by Crippen LogP contribution is 2.31. The molecule has 0 aromatic heterocycles. The molecule has 0 amide bonds. The SMILES string of the molecule is COC([O-])=C1Nc2ccc(F)cc2/C1=N\S(=O)(=O)c1ccc(F)cc1. The molecule has 25 heavy (non-hydrogen) atoms. The maximum Gasteiger partial charge on any atom is 0.282 e. The number of sulfonamides is 1. The molecule has 1 N–H and O–H groups in total. The predicted molar refractivity (Wildman–Crippen MR) is 84.2 cm³/mol. The zero-order chi connectivity index (χ0) is 18.2. The third-order valence-corrected chi connectivity index (χ3v) is 4.74. The molecule has 6 nitrogen and oxygen atoms in total. The van der Waals surface area contributed by atoms with Gasteiger partial charge >= 0.3 is 0 Å². The highest BCUT2D eigenvalue weighted by molar-refractivity contribution is 7.90. The third-order valence-electron chi connectivity index (χ3n) is 3.45. The van der Waals surface area contributed by atoms with Gasteiger partial charge in [-0.05, 0) is 49.6 Å². The smallest absolute Gasteiger partial charge is 0.282 e. The summed E-state index contributed by atoms with van der Waals surface area (Å²) < 4.78 is 59.7. The summed E-state index contributed by atoms with van der Waals surface area (Å²) in [4.78, 5) is -0.268. The van der Waals surface area contributed by atoms with Gasteiger partial charge in [-0.1, -0.05) is 0 Å². The number of allylic oxidation sites excluding steroid dienone is 1. The van der Waals surface area contributed by atoms with Crippen molar-refractivity contribution in [1.82, 2.24) is 0 Å². The summed E-state index contributed by atoms with van der Waals surface area (Å²) in [6.07, 6.45) is 0. The monoisotopic (exact) mass is 365 g/mol. The first-order valence-electron chi connectivity index (χ1n) is 6.95. The Morgan fingerprint density at radius 1 is 1.12 bits per heavy atom. The van der Waals surface area contributed by atoms with E-state index >= 15 is 0 Å². The lowest BCUT2D eigenvalue weighted by Crippen LogP contribution is -2.17. The lowest BCUT2D eigenvalue weighted by atomic mass is 10.1. The van der Waals surface area contributed by atoms with Crippen LogP contribution in [0.3, 0.4) is 0 Å². The van der Waals surface area contributed by atoms with Gasteiger partial charge in [0, 0.05) is 11.3 Å². The molecule has 0 fully saturated rings. The second-order valence-electron chi connectivity index (χ2n) is 5.05. The summed E-state index contributed by atoms with van der Waals surface area (Å²) in [6, 6.07) is 7.58. The van der Waals surface area contributed by atoms with Crippen molar-refractivity contribution in [3.8, 4) is 0 Å². The second-order valence-corrected chi connectivity index (χ2v) is 6.65. The number of anilines is 1. The van der Waals surface area contributed by atoms with Crippen molar-refractivity contribution in [1.29, 1.82) is 0 Å². The first-order valence-corrected chi connectivity index (χ1v) is 8.39. The predicted octanol–water partition coefficient (Wildman–Crippen LogP) is 1.74. The molecule has 1 heterocycles. The zero-order valence-corrected chi connectivity index (χ0v) is 13.6. The molecule has 0 atom stereocenters. The minimum atomic E-state index is -4.26. The topological polar surface area (TPSA) is 90.8 Å². The molecule has 0 saturated heterocycles. The van der Waals surface area contributed by atoms with Crippen molar-refractivity contribution in [3.05, 3.63) is 71.3 Å². The quantitative estimate of drug-likeness (QED) is 0.837. The Balaban J connectivity index is 2.19. The molecule has 0 unspecified atom stereocenters. The van der Waals surface area contributed by atoms with E-state index in [9.17, 15) is 22.3 Å². The van der Waals surface area contributed by atoms with Gasteiger partial charge in [0.1, 0.15) is 17.3 Å².